The SMILES string of the molecule is CCN(CCC(=O)OC)C(=O)c1c(C)nn(C)c1C. The maximum absolute atomic E-state index is 12.5. The first-order valence-corrected chi connectivity index (χ1v) is 6.28. The van der Waals surface area contributed by atoms with Crippen molar-refractivity contribution in [1.82, 2.24) is 14.7 Å². The van der Waals surface area contributed by atoms with Gasteiger partial charge in [-0.2, -0.15) is 5.10 Å². The fraction of sp³-hybridized carbons (Fsp3) is 0.615. The van der Waals surface area contributed by atoms with Crippen molar-refractivity contribution in [2.24, 2.45) is 7.05 Å². The Morgan fingerprint density at radius 3 is 2.42 bits per heavy atom. The van der Waals surface area contributed by atoms with E-state index < -0.39 is 0 Å². The van der Waals surface area contributed by atoms with E-state index in [9.17, 15) is 9.59 Å². The number of hydrogen-bond donors (Lipinski definition) is 0. The summed E-state index contributed by atoms with van der Waals surface area (Å²) in [6.45, 7) is 6.46. The van der Waals surface area contributed by atoms with Crippen molar-refractivity contribution in [3.8, 4) is 0 Å². The third kappa shape index (κ3) is 3.33. The van der Waals surface area contributed by atoms with E-state index in [0.717, 1.165) is 5.69 Å². The fourth-order valence-electron chi connectivity index (χ4n) is 1.97. The molecule has 0 aliphatic heterocycles. The van der Waals surface area contributed by atoms with Gasteiger partial charge >= 0.3 is 5.97 Å². The van der Waals surface area contributed by atoms with Crippen LogP contribution in [0.1, 0.15) is 35.1 Å². The number of amides is 1. The van der Waals surface area contributed by atoms with Crippen LogP contribution in [-0.2, 0) is 16.6 Å². The summed E-state index contributed by atoms with van der Waals surface area (Å²) in [5, 5.41) is 4.24. The van der Waals surface area contributed by atoms with Crippen molar-refractivity contribution < 1.29 is 14.3 Å². The molecule has 1 aromatic heterocycles. The fourth-order valence-corrected chi connectivity index (χ4v) is 1.97. The van der Waals surface area contributed by atoms with Gasteiger partial charge < -0.3 is 9.64 Å². The monoisotopic (exact) mass is 267 g/mol. The molecule has 0 atom stereocenters. The molecular weight excluding hydrogens is 246 g/mol. The van der Waals surface area contributed by atoms with Crippen molar-refractivity contribution in [2.75, 3.05) is 20.2 Å². The number of aryl methyl sites for hydroxylation is 2. The molecule has 0 aliphatic carbocycles. The predicted octanol–water partition coefficient (Wildman–Crippen LogP) is 1.06. The number of hydrogen-bond acceptors (Lipinski definition) is 4. The van der Waals surface area contributed by atoms with Gasteiger partial charge in [0.15, 0.2) is 0 Å². The average molecular weight is 267 g/mol. The van der Waals surface area contributed by atoms with Crippen LogP contribution in [0.25, 0.3) is 0 Å². The number of rotatable bonds is 5. The summed E-state index contributed by atoms with van der Waals surface area (Å²) in [4.78, 5) is 25.2. The molecule has 1 amide bonds. The summed E-state index contributed by atoms with van der Waals surface area (Å²) in [7, 11) is 3.15. The Labute approximate surface area is 113 Å². The molecule has 1 aromatic rings. The van der Waals surface area contributed by atoms with Crippen LogP contribution in [0.2, 0.25) is 0 Å². The largest absolute Gasteiger partial charge is 0.469 e. The Balaban J connectivity index is 2.86. The molecule has 1 rings (SSSR count). The number of ether oxygens (including phenoxy) is 1. The second kappa shape index (κ2) is 6.36. The first kappa shape index (κ1) is 15.2. The van der Waals surface area contributed by atoms with Crippen LogP contribution in [0.15, 0.2) is 0 Å². The highest BCUT2D eigenvalue weighted by molar-refractivity contribution is 5.96. The summed E-state index contributed by atoms with van der Waals surface area (Å²) in [6, 6.07) is 0. The van der Waals surface area contributed by atoms with Crippen LogP contribution >= 0.6 is 0 Å². The van der Waals surface area contributed by atoms with E-state index in [1.54, 1.807) is 9.58 Å². The molecule has 0 spiro atoms. The Bertz CT molecular complexity index is 480. The van der Waals surface area contributed by atoms with Gasteiger partial charge in [-0.25, -0.2) is 0 Å². The quantitative estimate of drug-likeness (QED) is 0.748. The number of aromatic nitrogens is 2. The first-order chi connectivity index (χ1) is 8.92. The minimum absolute atomic E-state index is 0.0884. The van der Waals surface area contributed by atoms with Crippen molar-refractivity contribution in [3.63, 3.8) is 0 Å². The van der Waals surface area contributed by atoms with Crippen LogP contribution in [0.5, 0.6) is 0 Å². The Kier molecular flexibility index (Phi) is 5.09. The van der Waals surface area contributed by atoms with Gasteiger partial charge in [-0.1, -0.05) is 0 Å². The minimum atomic E-state index is -0.314. The van der Waals surface area contributed by atoms with Gasteiger partial charge in [0.2, 0.25) is 0 Å². The topological polar surface area (TPSA) is 64.4 Å². The smallest absolute Gasteiger partial charge is 0.307 e. The van der Waals surface area contributed by atoms with Gasteiger partial charge in [-0.05, 0) is 20.8 Å². The maximum atomic E-state index is 12.5. The van der Waals surface area contributed by atoms with E-state index in [2.05, 4.69) is 9.84 Å². The average Bonchev–Trinajstić information content (AvgIpc) is 2.63. The zero-order valence-corrected chi connectivity index (χ0v) is 12.2. The highest BCUT2D eigenvalue weighted by Crippen LogP contribution is 2.15. The molecule has 6 heteroatoms. The van der Waals surface area contributed by atoms with E-state index >= 15 is 0 Å². The third-order valence-corrected chi connectivity index (χ3v) is 3.21. The van der Waals surface area contributed by atoms with Crippen LogP contribution in [0, 0.1) is 13.8 Å². The molecule has 0 aliphatic rings. The van der Waals surface area contributed by atoms with Gasteiger partial charge in [0, 0.05) is 25.8 Å². The van der Waals surface area contributed by atoms with Crippen LogP contribution in [0.4, 0.5) is 0 Å². The second-order valence-corrected chi connectivity index (χ2v) is 4.38. The van der Waals surface area contributed by atoms with E-state index in [4.69, 9.17) is 0 Å². The molecule has 0 saturated heterocycles. The Morgan fingerprint density at radius 2 is 2.00 bits per heavy atom. The molecule has 0 bridgehead atoms. The molecule has 106 valence electrons. The molecule has 0 unspecified atom stereocenters. The number of methoxy groups -OCH3 is 1. The number of esters is 1. The zero-order valence-electron chi connectivity index (χ0n) is 12.2. The molecule has 19 heavy (non-hydrogen) atoms. The molecule has 0 N–H and O–H groups in total. The van der Waals surface area contributed by atoms with Crippen LogP contribution in [-0.4, -0.2) is 46.8 Å². The lowest BCUT2D eigenvalue weighted by molar-refractivity contribution is -0.140. The van der Waals surface area contributed by atoms with E-state index in [1.165, 1.54) is 7.11 Å². The zero-order chi connectivity index (χ0) is 14.6. The van der Waals surface area contributed by atoms with Gasteiger partial charge in [0.05, 0.1) is 24.8 Å². The molecule has 0 radical (unpaired) electrons. The molecule has 0 fully saturated rings. The van der Waals surface area contributed by atoms with Gasteiger partial charge in [-0.15, -0.1) is 0 Å². The highest BCUT2D eigenvalue weighted by atomic mass is 16.5. The van der Waals surface area contributed by atoms with Crippen molar-refractivity contribution >= 4 is 11.9 Å². The number of nitrogens with zero attached hydrogens (tertiary/aromatic N) is 3. The van der Waals surface area contributed by atoms with E-state index in [1.807, 2.05) is 27.8 Å². The lowest BCUT2D eigenvalue weighted by Crippen LogP contribution is -2.33. The lowest BCUT2D eigenvalue weighted by Gasteiger charge is -2.20. The van der Waals surface area contributed by atoms with Gasteiger partial charge in [0.1, 0.15) is 0 Å². The Hall–Kier alpha value is -1.85. The van der Waals surface area contributed by atoms with E-state index in [-0.39, 0.29) is 18.3 Å². The summed E-state index contributed by atoms with van der Waals surface area (Å²) < 4.78 is 6.28. The van der Waals surface area contributed by atoms with Gasteiger partial charge in [0.25, 0.3) is 5.91 Å². The number of carbonyl (C=O) groups is 2. The van der Waals surface area contributed by atoms with Crippen LogP contribution in [0.3, 0.4) is 0 Å². The van der Waals surface area contributed by atoms with E-state index in [0.29, 0.717) is 24.3 Å². The summed E-state index contributed by atoms with van der Waals surface area (Å²) in [5.74, 6) is -0.402. The maximum Gasteiger partial charge on any atom is 0.307 e. The molecule has 6 nitrogen and oxygen atoms in total. The summed E-state index contributed by atoms with van der Waals surface area (Å²) in [6.07, 6.45) is 0.203. The second-order valence-electron chi connectivity index (χ2n) is 4.38. The standard InChI is InChI=1S/C13H21N3O3/c1-6-16(8-7-11(17)19-5)13(18)12-9(2)14-15(4)10(12)3/h6-8H2,1-5H3. The highest BCUT2D eigenvalue weighted by Gasteiger charge is 2.22. The summed E-state index contributed by atoms with van der Waals surface area (Å²) >= 11 is 0. The number of carbonyl (C=O) groups excluding carboxylic acids is 2. The molecule has 1 heterocycles. The Morgan fingerprint density at radius 1 is 1.37 bits per heavy atom. The van der Waals surface area contributed by atoms with Gasteiger partial charge in [-0.3, -0.25) is 14.3 Å². The third-order valence-electron chi connectivity index (χ3n) is 3.21. The molecule has 0 aromatic carbocycles. The normalized spacial score (nSPS) is 10.4. The first-order valence-electron chi connectivity index (χ1n) is 6.28. The minimum Gasteiger partial charge on any atom is -0.469 e. The van der Waals surface area contributed by atoms with Crippen molar-refractivity contribution in [2.45, 2.75) is 27.2 Å². The van der Waals surface area contributed by atoms with Crippen molar-refractivity contribution in [3.05, 3.63) is 17.0 Å². The lowest BCUT2D eigenvalue weighted by atomic mass is 10.1. The summed E-state index contributed by atoms with van der Waals surface area (Å²) in [5.41, 5.74) is 2.16. The molecular formula is C13H21N3O3. The van der Waals surface area contributed by atoms with Crippen molar-refractivity contribution in [1.29, 1.82) is 0 Å². The molecule has 0 saturated carbocycles. The van der Waals surface area contributed by atoms with Crippen LogP contribution < -0.4 is 0 Å². The predicted molar refractivity (Wildman–Crippen MR) is 70.9 cm³/mol.